The number of H-pyrrole nitrogens is 2. The molecule has 142 valence electrons. The standard InChI is InChI=1S/C19H17FN6O2/c1-28-17-4-2-3-14(24-17)18-25-15-7-12(13(20)8-16(15)26-18)19(27)22-6-5-11-9-21-10-23-11/h2-4,7-10H,5-6H2,1H3,(H,21,23)(H,22,27)(H,25,26). The summed E-state index contributed by atoms with van der Waals surface area (Å²) in [5, 5.41) is 2.70. The Balaban J connectivity index is 1.56. The molecule has 0 aliphatic rings. The van der Waals surface area contributed by atoms with E-state index in [0.29, 0.717) is 41.4 Å². The van der Waals surface area contributed by atoms with Crippen LogP contribution in [-0.2, 0) is 6.42 Å². The maximum absolute atomic E-state index is 14.4. The summed E-state index contributed by atoms with van der Waals surface area (Å²) in [6.45, 7) is 0.359. The third-order valence-electron chi connectivity index (χ3n) is 4.23. The topological polar surface area (TPSA) is 109 Å². The van der Waals surface area contributed by atoms with Crippen LogP contribution in [0, 0.1) is 5.82 Å². The molecule has 0 saturated carbocycles. The van der Waals surface area contributed by atoms with Crippen LogP contribution >= 0.6 is 0 Å². The minimum atomic E-state index is -0.625. The predicted molar refractivity (Wildman–Crippen MR) is 100 cm³/mol. The summed E-state index contributed by atoms with van der Waals surface area (Å²) in [7, 11) is 1.53. The molecule has 0 bridgehead atoms. The van der Waals surface area contributed by atoms with Crippen molar-refractivity contribution in [1.29, 1.82) is 0 Å². The van der Waals surface area contributed by atoms with Gasteiger partial charge in [-0.05, 0) is 12.1 Å². The second-order valence-corrected chi connectivity index (χ2v) is 6.08. The van der Waals surface area contributed by atoms with Crippen molar-refractivity contribution in [1.82, 2.24) is 30.2 Å². The average Bonchev–Trinajstić information content (AvgIpc) is 3.36. The number of halogens is 1. The van der Waals surface area contributed by atoms with Gasteiger partial charge in [-0.2, -0.15) is 0 Å². The number of rotatable bonds is 6. The number of aromatic nitrogens is 5. The molecule has 3 heterocycles. The Morgan fingerprint density at radius 1 is 1.29 bits per heavy atom. The van der Waals surface area contributed by atoms with Crippen LogP contribution in [0.1, 0.15) is 16.1 Å². The molecule has 0 radical (unpaired) electrons. The maximum Gasteiger partial charge on any atom is 0.254 e. The van der Waals surface area contributed by atoms with E-state index in [0.717, 1.165) is 5.69 Å². The van der Waals surface area contributed by atoms with E-state index in [2.05, 4.69) is 30.2 Å². The number of carbonyl (C=O) groups excluding carboxylic acids is 1. The number of carbonyl (C=O) groups is 1. The second kappa shape index (κ2) is 7.47. The Hall–Kier alpha value is -3.75. The predicted octanol–water partition coefficient (Wildman–Crippen LogP) is 2.47. The van der Waals surface area contributed by atoms with Crippen molar-refractivity contribution in [2.45, 2.75) is 6.42 Å². The molecule has 4 rings (SSSR count). The number of hydrogen-bond donors (Lipinski definition) is 3. The van der Waals surface area contributed by atoms with Gasteiger partial charge in [-0.15, -0.1) is 0 Å². The number of nitrogens with zero attached hydrogens (tertiary/aromatic N) is 3. The molecule has 0 atom stereocenters. The lowest BCUT2D eigenvalue weighted by molar-refractivity contribution is 0.0950. The normalized spacial score (nSPS) is 10.9. The zero-order chi connectivity index (χ0) is 19.5. The van der Waals surface area contributed by atoms with Gasteiger partial charge in [-0.25, -0.2) is 19.3 Å². The van der Waals surface area contributed by atoms with Gasteiger partial charge in [-0.1, -0.05) is 6.07 Å². The number of fused-ring (bicyclic) bond motifs is 1. The Morgan fingerprint density at radius 3 is 2.96 bits per heavy atom. The number of imidazole rings is 2. The highest BCUT2D eigenvalue weighted by molar-refractivity contribution is 5.98. The fraction of sp³-hybridized carbons (Fsp3) is 0.158. The molecule has 0 aliphatic carbocycles. The average molecular weight is 380 g/mol. The molecule has 0 fully saturated rings. The van der Waals surface area contributed by atoms with Crippen LogP contribution < -0.4 is 10.1 Å². The first-order valence-electron chi connectivity index (χ1n) is 8.60. The van der Waals surface area contributed by atoms with Gasteiger partial charge in [0.05, 0.1) is 30.0 Å². The monoisotopic (exact) mass is 380 g/mol. The van der Waals surface area contributed by atoms with E-state index in [4.69, 9.17) is 4.74 Å². The molecule has 0 spiro atoms. The van der Waals surface area contributed by atoms with Gasteiger partial charge < -0.3 is 20.0 Å². The Bertz CT molecular complexity index is 1120. The van der Waals surface area contributed by atoms with E-state index in [9.17, 15) is 9.18 Å². The first-order chi connectivity index (χ1) is 13.6. The quantitative estimate of drug-likeness (QED) is 0.476. The van der Waals surface area contributed by atoms with Crippen LogP contribution in [0.5, 0.6) is 5.88 Å². The molecule has 4 aromatic rings. The molecule has 0 saturated heterocycles. The van der Waals surface area contributed by atoms with Gasteiger partial charge in [-0.3, -0.25) is 4.79 Å². The van der Waals surface area contributed by atoms with Gasteiger partial charge in [0.15, 0.2) is 5.82 Å². The smallest absolute Gasteiger partial charge is 0.254 e. The molecule has 8 nitrogen and oxygen atoms in total. The highest BCUT2D eigenvalue weighted by Crippen LogP contribution is 2.23. The van der Waals surface area contributed by atoms with Gasteiger partial charge in [0.1, 0.15) is 11.5 Å². The number of pyridine rings is 1. The van der Waals surface area contributed by atoms with Gasteiger partial charge >= 0.3 is 0 Å². The van der Waals surface area contributed by atoms with Crippen LogP contribution in [0.15, 0.2) is 42.9 Å². The van der Waals surface area contributed by atoms with Crippen molar-refractivity contribution < 1.29 is 13.9 Å². The Labute approximate surface area is 159 Å². The highest BCUT2D eigenvalue weighted by Gasteiger charge is 2.16. The summed E-state index contributed by atoms with van der Waals surface area (Å²) in [6, 6.07) is 7.96. The largest absolute Gasteiger partial charge is 0.481 e. The minimum absolute atomic E-state index is 0.0613. The highest BCUT2D eigenvalue weighted by atomic mass is 19.1. The number of hydrogen-bond acceptors (Lipinski definition) is 5. The lowest BCUT2D eigenvalue weighted by Crippen LogP contribution is -2.26. The number of amides is 1. The van der Waals surface area contributed by atoms with E-state index in [-0.39, 0.29) is 5.56 Å². The molecular formula is C19H17FN6O2. The number of aromatic amines is 2. The summed E-state index contributed by atoms with van der Waals surface area (Å²) in [6.07, 6.45) is 3.82. The molecule has 0 unspecified atom stereocenters. The summed E-state index contributed by atoms with van der Waals surface area (Å²) in [4.78, 5) is 31.0. The molecule has 1 amide bonds. The first-order valence-corrected chi connectivity index (χ1v) is 8.60. The molecule has 3 N–H and O–H groups in total. The summed E-state index contributed by atoms with van der Waals surface area (Å²) in [5.41, 5.74) is 2.33. The fourth-order valence-corrected chi connectivity index (χ4v) is 2.81. The third kappa shape index (κ3) is 3.54. The zero-order valence-corrected chi connectivity index (χ0v) is 15.0. The maximum atomic E-state index is 14.4. The van der Waals surface area contributed by atoms with E-state index in [1.165, 1.54) is 19.2 Å². The first kappa shape index (κ1) is 17.7. The minimum Gasteiger partial charge on any atom is -0.481 e. The molecular weight excluding hydrogens is 363 g/mol. The Morgan fingerprint density at radius 2 is 2.18 bits per heavy atom. The van der Waals surface area contributed by atoms with Crippen molar-refractivity contribution in [3.63, 3.8) is 0 Å². The zero-order valence-electron chi connectivity index (χ0n) is 15.0. The van der Waals surface area contributed by atoms with E-state index in [1.54, 1.807) is 30.7 Å². The van der Waals surface area contributed by atoms with Crippen LogP contribution in [0.4, 0.5) is 4.39 Å². The number of nitrogens with one attached hydrogen (secondary N) is 3. The number of benzene rings is 1. The fourth-order valence-electron chi connectivity index (χ4n) is 2.81. The summed E-state index contributed by atoms with van der Waals surface area (Å²) >= 11 is 0. The summed E-state index contributed by atoms with van der Waals surface area (Å²) in [5.74, 6) is -0.213. The van der Waals surface area contributed by atoms with Gasteiger partial charge in [0.2, 0.25) is 5.88 Å². The molecule has 9 heteroatoms. The van der Waals surface area contributed by atoms with E-state index >= 15 is 0 Å². The second-order valence-electron chi connectivity index (χ2n) is 6.08. The van der Waals surface area contributed by atoms with Crippen LogP contribution in [0.2, 0.25) is 0 Å². The van der Waals surface area contributed by atoms with E-state index < -0.39 is 11.7 Å². The third-order valence-corrected chi connectivity index (χ3v) is 4.23. The van der Waals surface area contributed by atoms with Crippen molar-refractivity contribution in [2.24, 2.45) is 0 Å². The molecule has 3 aromatic heterocycles. The van der Waals surface area contributed by atoms with Crippen molar-refractivity contribution in [2.75, 3.05) is 13.7 Å². The molecule has 1 aromatic carbocycles. The van der Waals surface area contributed by atoms with Gasteiger partial charge in [0.25, 0.3) is 5.91 Å². The SMILES string of the molecule is COc1cccc(-c2nc3cc(C(=O)NCCc4cnc[nH]4)c(F)cc3[nH]2)n1. The Kier molecular flexibility index (Phi) is 4.71. The van der Waals surface area contributed by atoms with Crippen molar-refractivity contribution >= 4 is 16.9 Å². The van der Waals surface area contributed by atoms with Crippen LogP contribution in [-0.4, -0.2) is 44.5 Å². The molecule has 0 aliphatic heterocycles. The van der Waals surface area contributed by atoms with Crippen molar-refractivity contribution in [3.8, 4) is 17.4 Å². The lowest BCUT2D eigenvalue weighted by Gasteiger charge is -2.05. The number of methoxy groups -OCH3 is 1. The van der Waals surface area contributed by atoms with Gasteiger partial charge in [0, 0.05) is 37.0 Å². The lowest BCUT2D eigenvalue weighted by atomic mass is 10.1. The summed E-state index contributed by atoms with van der Waals surface area (Å²) < 4.78 is 19.6. The van der Waals surface area contributed by atoms with Crippen LogP contribution in [0.3, 0.4) is 0 Å². The van der Waals surface area contributed by atoms with Crippen LogP contribution in [0.25, 0.3) is 22.6 Å². The van der Waals surface area contributed by atoms with E-state index in [1.807, 2.05) is 0 Å². The number of ether oxygens (including phenoxy) is 1. The molecule has 28 heavy (non-hydrogen) atoms. The van der Waals surface area contributed by atoms with Crippen molar-refractivity contribution in [3.05, 3.63) is 59.9 Å².